The first kappa shape index (κ1) is 11.1. The summed E-state index contributed by atoms with van der Waals surface area (Å²) in [6.45, 7) is 0.800. The SMILES string of the molecule is [B]c1c(O)ccc(F)c1CCCNC. The molecule has 0 aliphatic carbocycles. The lowest BCUT2D eigenvalue weighted by molar-refractivity contribution is 0.476. The maximum absolute atomic E-state index is 13.2. The van der Waals surface area contributed by atoms with E-state index in [0.29, 0.717) is 12.0 Å². The van der Waals surface area contributed by atoms with Gasteiger partial charge in [-0.05, 0) is 49.6 Å². The summed E-state index contributed by atoms with van der Waals surface area (Å²) in [4.78, 5) is 0. The second-order valence-electron chi connectivity index (χ2n) is 3.17. The van der Waals surface area contributed by atoms with Gasteiger partial charge in [-0.3, -0.25) is 0 Å². The largest absolute Gasteiger partial charge is 0.509 e. The molecule has 0 fully saturated rings. The van der Waals surface area contributed by atoms with Crippen molar-refractivity contribution in [2.75, 3.05) is 13.6 Å². The van der Waals surface area contributed by atoms with Crippen LogP contribution in [0.1, 0.15) is 12.0 Å². The molecule has 14 heavy (non-hydrogen) atoms. The first-order valence-corrected chi connectivity index (χ1v) is 4.57. The second-order valence-corrected chi connectivity index (χ2v) is 3.17. The van der Waals surface area contributed by atoms with Gasteiger partial charge in [0, 0.05) is 0 Å². The third-order valence-corrected chi connectivity index (χ3v) is 2.13. The summed E-state index contributed by atoms with van der Waals surface area (Å²) in [5.74, 6) is -0.401. The maximum atomic E-state index is 13.2. The minimum absolute atomic E-state index is 0.0501. The summed E-state index contributed by atoms with van der Waals surface area (Å²) in [5.41, 5.74) is 0.557. The van der Waals surface area contributed by atoms with Gasteiger partial charge in [-0.15, -0.1) is 0 Å². The van der Waals surface area contributed by atoms with Crippen LogP contribution in [-0.4, -0.2) is 26.5 Å². The van der Waals surface area contributed by atoms with Crippen LogP contribution in [0.5, 0.6) is 5.75 Å². The lowest BCUT2D eigenvalue weighted by atomic mass is 9.87. The number of phenolic OH excluding ortho intramolecular Hbond substituents is 1. The van der Waals surface area contributed by atoms with Crippen molar-refractivity contribution in [3.63, 3.8) is 0 Å². The van der Waals surface area contributed by atoms with Crippen LogP contribution in [0, 0.1) is 5.82 Å². The summed E-state index contributed by atoms with van der Waals surface area (Å²) < 4.78 is 13.2. The fraction of sp³-hybridized carbons (Fsp3) is 0.400. The lowest BCUT2D eigenvalue weighted by Crippen LogP contribution is -2.16. The molecular weight excluding hydrogens is 180 g/mol. The van der Waals surface area contributed by atoms with Crippen LogP contribution in [0.3, 0.4) is 0 Å². The number of aromatic hydroxyl groups is 1. The van der Waals surface area contributed by atoms with E-state index in [4.69, 9.17) is 7.85 Å². The van der Waals surface area contributed by atoms with Crippen molar-refractivity contribution in [3.8, 4) is 5.75 Å². The molecule has 2 nitrogen and oxygen atoms in total. The average Bonchev–Trinajstić information content (AvgIpc) is 2.18. The molecule has 0 aliphatic heterocycles. The highest BCUT2D eigenvalue weighted by molar-refractivity contribution is 6.35. The first-order chi connectivity index (χ1) is 6.66. The molecule has 0 amide bonds. The molecule has 1 aromatic rings. The highest BCUT2D eigenvalue weighted by Crippen LogP contribution is 2.13. The van der Waals surface area contributed by atoms with Gasteiger partial charge in [0.2, 0.25) is 0 Å². The third kappa shape index (κ3) is 2.48. The normalized spacial score (nSPS) is 10.4. The van der Waals surface area contributed by atoms with Gasteiger partial charge >= 0.3 is 0 Å². The molecule has 0 aliphatic rings. The smallest absolute Gasteiger partial charge is 0.126 e. The fourth-order valence-electron chi connectivity index (χ4n) is 1.32. The van der Waals surface area contributed by atoms with Gasteiger partial charge in [0.05, 0.1) is 0 Å². The van der Waals surface area contributed by atoms with E-state index in [9.17, 15) is 9.50 Å². The molecule has 0 atom stereocenters. The summed E-state index contributed by atoms with van der Waals surface area (Å²) in [6.07, 6.45) is 1.33. The van der Waals surface area contributed by atoms with E-state index in [1.165, 1.54) is 12.1 Å². The molecule has 0 saturated carbocycles. The predicted molar refractivity (Wildman–Crippen MR) is 55.7 cm³/mol. The van der Waals surface area contributed by atoms with Crippen LogP contribution >= 0.6 is 0 Å². The van der Waals surface area contributed by atoms with E-state index < -0.39 is 0 Å². The van der Waals surface area contributed by atoms with Gasteiger partial charge in [-0.25, -0.2) is 4.39 Å². The minimum Gasteiger partial charge on any atom is -0.509 e. The zero-order valence-electron chi connectivity index (χ0n) is 8.18. The van der Waals surface area contributed by atoms with Crippen molar-refractivity contribution < 1.29 is 9.50 Å². The number of hydrogen-bond donors (Lipinski definition) is 2. The van der Waals surface area contributed by atoms with Crippen molar-refractivity contribution >= 4 is 13.3 Å². The average molecular weight is 193 g/mol. The predicted octanol–water partition coefficient (Wildman–Crippen LogP) is 0.477. The number of hydrogen-bond acceptors (Lipinski definition) is 2. The van der Waals surface area contributed by atoms with Crippen molar-refractivity contribution in [2.24, 2.45) is 0 Å². The number of benzene rings is 1. The fourth-order valence-corrected chi connectivity index (χ4v) is 1.32. The van der Waals surface area contributed by atoms with Crippen LogP contribution in [0.15, 0.2) is 12.1 Å². The molecular formula is C10H13BFNO. The second kappa shape index (κ2) is 5.01. The van der Waals surface area contributed by atoms with Crippen molar-refractivity contribution in [1.29, 1.82) is 0 Å². The zero-order valence-corrected chi connectivity index (χ0v) is 8.18. The molecule has 0 saturated heterocycles. The van der Waals surface area contributed by atoms with Gasteiger partial charge < -0.3 is 10.4 Å². The van der Waals surface area contributed by atoms with Gasteiger partial charge in [0.1, 0.15) is 19.4 Å². The maximum Gasteiger partial charge on any atom is 0.126 e. The van der Waals surface area contributed by atoms with Gasteiger partial charge in [-0.2, -0.15) is 0 Å². The molecule has 0 spiro atoms. The number of rotatable bonds is 4. The Bertz CT molecular complexity index is 317. The van der Waals surface area contributed by atoms with Crippen LogP contribution in [0.4, 0.5) is 4.39 Å². The Morgan fingerprint density at radius 3 is 2.86 bits per heavy atom. The van der Waals surface area contributed by atoms with Crippen LogP contribution < -0.4 is 10.8 Å². The van der Waals surface area contributed by atoms with Gasteiger partial charge in [0.15, 0.2) is 0 Å². The number of halogens is 1. The Kier molecular flexibility index (Phi) is 3.95. The van der Waals surface area contributed by atoms with Gasteiger partial charge in [-0.1, -0.05) is 0 Å². The molecule has 0 aromatic heterocycles. The van der Waals surface area contributed by atoms with E-state index in [2.05, 4.69) is 5.32 Å². The highest BCUT2D eigenvalue weighted by Gasteiger charge is 2.07. The first-order valence-electron chi connectivity index (χ1n) is 4.57. The number of nitrogens with one attached hydrogen (secondary N) is 1. The van der Waals surface area contributed by atoms with Crippen molar-refractivity contribution in [3.05, 3.63) is 23.5 Å². The summed E-state index contributed by atoms with van der Waals surface area (Å²) >= 11 is 0. The van der Waals surface area contributed by atoms with Crippen LogP contribution in [0.2, 0.25) is 0 Å². The summed E-state index contributed by atoms with van der Waals surface area (Å²) in [5, 5.41) is 12.2. The monoisotopic (exact) mass is 193 g/mol. The van der Waals surface area contributed by atoms with Gasteiger partial charge in [0.25, 0.3) is 0 Å². The Morgan fingerprint density at radius 2 is 2.21 bits per heavy atom. The molecule has 0 bridgehead atoms. The quantitative estimate of drug-likeness (QED) is 0.538. The molecule has 74 valence electrons. The molecule has 2 radical (unpaired) electrons. The highest BCUT2D eigenvalue weighted by atomic mass is 19.1. The Morgan fingerprint density at radius 1 is 1.50 bits per heavy atom. The number of phenols is 1. The van der Waals surface area contributed by atoms with E-state index in [0.717, 1.165) is 13.0 Å². The van der Waals surface area contributed by atoms with E-state index in [1.807, 2.05) is 7.05 Å². The lowest BCUT2D eigenvalue weighted by Gasteiger charge is -2.09. The molecule has 1 aromatic carbocycles. The van der Waals surface area contributed by atoms with E-state index >= 15 is 0 Å². The molecule has 1 rings (SSSR count). The third-order valence-electron chi connectivity index (χ3n) is 2.13. The summed E-state index contributed by atoms with van der Waals surface area (Å²) in [7, 11) is 7.39. The standard InChI is InChI=1S/C10H13BFNO/c1-13-6-2-3-7-8(12)4-5-9(14)10(7)11/h4-5,13-14H,2-3,6H2,1H3. The van der Waals surface area contributed by atoms with Crippen LogP contribution in [-0.2, 0) is 6.42 Å². The topological polar surface area (TPSA) is 32.3 Å². The molecule has 4 heteroatoms. The van der Waals surface area contributed by atoms with Crippen molar-refractivity contribution in [1.82, 2.24) is 5.32 Å². The Hall–Kier alpha value is -1.03. The minimum atomic E-state index is -0.351. The molecule has 2 N–H and O–H groups in total. The zero-order chi connectivity index (χ0) is 10.6. The Labute approximate surface area is 84.6 Å². The molecule has 0 unspecified atom stereocenters. The summed E-state index contributed by atoms with van der Waals surface area (Å²) in [6, 6.07) is 2.51. The van der Waals surface area contributed by atoms with E-state index in [1.54, 1.807) is 0 Å². The molecule has 0 heterocycles. The van der Waals surface area contributed by atoms with Crippen LogP contribution in [0.25, 0.3) is 0 Å². The van der Waals surface area contributed by atoms with Crippen molar-refractivity contribution in [2.45, 2.75) is 12.8 Å². The van der Waals surface area contributed by atoms with E-state index in [-0.39, 0.29) is 17.0 Å². The Balaban J connectivity index is 2.79.